The van der Waals surface area contributed by atoms with Crippen molar-refractivity contribution in [1.29, 1.82) is 0 Å². The number of halogens is 2. The first-order chi connectivity index (χ1) is 11.0. The molecule has 2 aliphatic rings. The summed E-state index contributed by atoms with van der Waals surface area (Å²) >= 11 is 0. The zero-order chi connectivity index (χ0) is 16.4. The molecule has 124 valence electrons. The molecule has 0 aliphatic carbocycles. The molecule has 2 fully saturated rings. The zero-order valence-corrected chi connectivity index (χ0v) is 12.3. The Morgan fingerprint density at radius 1 is 1.35 bits per heavy atom. The van der Waals surface area contributed by atoms with Gasteiger partial charge in [-0.1, -0.05) is 0 Å². The van der Waals surface area contributed by atoms with E-state index in [-0.39, 0.29) is 37.1 Å². The molecule has 1 spiro atoms. The average Bonchev–Trinajstić information content (AvgIpc) is 2.67. The highest BCUT2D eigenvalue weighted by Crippen LogP contribution is 2.27. The fourth-order valence-corrected chi connectivity index (χ4v) is 2.67. The number of nitrogens with one attached hydrogen (secondary N) is 1. The predicted molar refractivity (Wildman–Crippen MR) is 74.7 cm³/mol. The summed E-state index contributed by atoms with van der Waals surface area (Å²) in [5.74, 6) is -2.39. The van der Waals surface area contributed by atoms with E-state index in [2.05, 4.69) is 5.32 Å². The second-order valence-electron chi connectivity index (χ2n) is 5.65. The normalized spacial score (nSPS) is 19.7. The molecule has 0 saturated carbocycles. The molecule has 1 aromatic carbocycles. The lowest BCUT2D eigenvalue weighted by Gasteiger charge is -2.48. The highest BCUT2D eigenvalue weighted by Gasteiger charge is 2.47. The van der Waals surface area contributed by atoms with E-state index in [1.165, 1.54) is 6.07 Å². The first-order valence-electron chi connectivity index (χ1n) is 7.23. The summed E-state index contributed by atoms with van der Waals surface area (Å²) in [7, 11) is 0. The Bertz CT molecular complexity index is 634. The van der Waals surface area contributed by atoms with Crippen molar-refractivity contribution < 1.29 is 27.8 Å². The van der Waals surface area contributed by atoms with E-state index >= 15 is 0 Å². The maximum absolute atomic E-state index is 13.1. The molecule has 2 amide bonds. The van der Waals surface area contributed by atoms with E-state index in [0.717, 1.165) is 12.1 Å². The minimum absolute atomic E-state index is 0.0696. The monoisotopic (exact) mass is 326 g/mol. The zero-order valence-electron chi connectivity index (χ0n) is 12.3. The molecule has 0 atom stereocenters. The van der Waals surface area contributed by atoms with Crippen LogP contribution in [-0.2, 0) is 14.3 Å². The van der Waals surface area contributed by atoms with Crippen LogP contribution in [0, 0.1) is 11.6 Å². The van der Waals surface area contributed by atoms with Gasteiger partial charge in [-0.15, -0.1) is 0 Å². The van der Waals surface area contributed by atoms with Crippen molar-refractivity contribution in [1.82, 2.24) is 10.2 Å². The van der Waals surface area contributed by atoms with E-state index in [4.69, 9.17) is 9.47 Å². The van der Waals surface area contributed by atoms with Crippen LogP contribution in [0.1, 0.15) is 6.42 Å². The summed E-state index contributed by atoms with van der Waals surface area (Å²) in [6, 6.07) is 3.07. The van der Waals surface area contributed by atoms with Gasteiger partial charge in [-0.3, -0.25) is 9.59 Å². The van der Waals surface area contributed by atoms with Crippen molar-refractivity contribution in [3.05, 3.63) is 29.8 Å². The number of benzene rings is 1. The fraction of sp³-hybridized carbons (Fsp3) is 0.467. The number of hydrogen-bond acceptors (Lipinski definition) is 4. The summed E-state index contributed by atoms with van der Waals surface area (Å²) in [6.45, 7) is 0.993. The second-order valence-corrected chi connectivity index (χ2v) is 5.65. The van der Waals surface area contributed by atoms with Gasteiger partial charge in [0.1, 0.15) is 11.3 Å². The van der Waals surface area contributed by atoms with Gasteiger partial charge in [0.2, 0.25) is 5.91 Å². The third kappa shape index (κ3) is 3.12. The molecular weight excluding hydrogens is 310 g/mol. The Balaban J connectivity index is 1.66. The van der Waals surface area contributed by atoms with Crippen LogP contribution < -0.4 is 10.1 Å². The van der Waals surface area contributed by atoms with Gasteiger partial charge in [0.15, 0.2) is 18.2 Å². The number of rotatable bonds is 3. The summed E-state index contributed by atoms with van der Waals surface area (Å²) in [5.41, 5.74) is -0.541. The first kappa shape index (κ1) is 15.7. The van der Waals surface area contributed by atoms with Gasteiger partial charge in [0.25, 0.3) is 5.91 Å². The predicted octanol–water partition coefficient (Wildman–Crippen LogP) is 0.461. The molecular formula is C15H16F2N2O4. The largest absolute Gasteiger partial charge is 0.484 e. The molecule has 1 N–H and O–H groups in total. The molecule has 0 radical (unpaired) electrons. The maximum Gasteiger partial charge on any atom is 0.261 e. The molecule has 0 bridgehead atoms. The lowest BCUT2D eigenvalue weighted by molar-refractivity contribution is -0.166. The Morgan fingerprint density at radius 3 is 2.78 bits per heavy atom. The van der Waals surface area contributed by atoms with Crippen LogP contribution in [0.5, 0.6) is 5.75 Å². The van der Waals surface area contributed by atoms with Crippen LogP contribution >= 0.6 is 0 Å². The van der Waals surface area contributed by atoms with Crippen LogP contribution in [0.2, 0.25) is 0 Å². The number of ether oxygens (including phenoxy) is 2. The average molecular weight is 326 g/mol. The van der Waals surface area contributed by atoms with E-state index < -0.39 is 17.2 Å². The standard InChI is InChI=1S/C15H16F2N2O4/c16-11-2-1-10(5-12(11)17)23-6-14(21)19-4-3-13(20)18-7-15(19)8-22-9-15/h1-2,5H,3-4,6-9H2,(H,18,20). The van der Waals surface area contributed by atoms with Crippen molar-refractivity contribution in [2.45, 2.75) is 12.0 Å². The van der Waals surface area contributed by atoms with E-state index in [1.54, 1.807) is 4.90 Å². The number of carbonyl (C=O) groups is 2. The Hall–Kier alpha value is -2.22. The summed E-state index contributed by atoms with van der Waals surface area (Å²) in [6.07, 6.45) is 0.207. The van der Waals surface area contributed by atoms with Crippen LogP contribution in [0.3, 0.4) is 0 Å². The van der Waals surface area contributed by atoms with Crippen molar-refractivity contribution in [3.8, 4) is 5.75 Å². The summed E-state index contributed by atoms with van der Waals surface area (Å²) in [5, 5.41) is 2.76. The van der Waals surface area contributed by atoms with Gasteiger partial charge < -0.3 is 19.7 Å². The molecule has 0 unspecified atom stereocenters. The number of carbonyl (C=O) groups excluding carboxylic acids is 2. The molecule has 6 nitrogen and oxygen atoms in total. The van der Waals surface area contributed by atoms with Crippen molar-refractivity contribution in [2.24, 2.45) is 0 Å². The minimum Gasteiger partial charge on any atom is -0.484 e. The number of amides is 2. The molecule has 0 aromatic heterocycles. The third-order valence-corrected chi connectivity index (χ3v) is 4.05. The van der Waals surface area contributed by atoms with E-state index in [9.17, 15) is 18.4 Å². The van der Waals surface area contributed by atoms with Crippen LogP contribution in [0.4, 0.5) is 8.78 Å². The lowest BCUT2D eigenvalue weighted by Crippen LogP contribution is -2.67. The topological polar surface area (TPSA) is 67.9 Å². The van der Waals surface area contributed by atoms with E-state index in [0.29, 0.717) is 19.8 Å². The summed E-state index contributed by atoms with van der Waals surface area (Å²) < 4.78 is 36.4. The van der Waals surface area contributed by atoms with Crippen molar-refractivity contribution in [2.75, 3.05) is 32.9 Å². The molecule has 2 heterocycles. The molecule has 2 saturated heterocycles. The van der Waals surface area contributed by atoms with Crippen LogP contribution in [-0.4, -0.2) is 55.2 Å². The SMILES string of the molecule is O=C1CCN(C(=O)COc2ccc(F)c(F)c2)C2(CN1)COC2. The fourth-order valence-electron chi connectivity index (χ4n) is 2.67. The lowest BCUT2D eigenvalue weighted by atomic mass is 9.95. The van der Waals surface area contributed by atoms with Gasteiger partial charge in [0, 0.05) is 25.6 Å². The van der Waals surface area contributed by atoms with Crippen LogP contribution in [0.25, 0.3) is 0 Å². The van der Waals surface area contributed by atoms with Gasteiger partial charge >= 0.3 is 0 Å². The smallest absolute Gasteiger partial charge is 0.261 e. The Kier molecular flexibility index (Phi) is 4.16. The maximum atomic E-state index is 13.1. The van der Waals surface area contributed by atoms with E-state index in [1.807, 2.05) is 0 Å². The Morgan fingerprint density at radius 2 is 2.13 bits per heavy atom. The molecule has 1 aromatic rings. The van der Waals surface area contributed by atoms with Gasteiger partial charge in [-0.05, 0) is 12.1 Å². The van der Waals surface area contributed by atoms with Crippen molar-refractivity contribution >= 4 is 11.8 Å². The second kappa shape index (κ2) is 6.11. The number of hydrogen-bond donors (Lipinski definition) is 1. The van der Waals surface area contributed by atoms with Gasteiger partial charge in [-0.2, -0.15) is 0 Å². The quantitative estimate of drug-likeness (QED) is 0.876. The van der Waals surface area contributed by atoms with Gasteiger partial charge in [-0.25, -0.2) is 8.78 Å². The van der Waals surface area contributed by atoms with Crippen molar-refractivity contribution in [3.63, 3.8) is 0 Å². The minimum atomic E-state index is -1.04. The highest BCUT2D eigenvalue weighted by molar-refractivity contribution is 5.82. The first-order valence-corrected chi connectivity index (χ1v) is 7.23. The van der Waals surface area contributed by atoms with Gasteiger partial charge in [0.05, 0.1) is 13.2 Å². The molecule has 3 rings (SSSR count). The third-order valence-electron chi connectivity index (χ3n) is 4.05. The molecule has 23 heavy (non-hydrogen) atoms. The Labute approximate surface area is 131 Å². The summed E-state index contributed by atoms with van der Waals surface area (Å²) in [4.78, 5) is 25.5. The molecule has 2 aliphatic heterocycles. The van der Waals surface area contributed by atoms with Crippen LogP contribution in [0.15, 0.2) is 18.2 Å². The highest BCUT2D eigenvalue weighted by atomic mass is 19.2. The molecule has 8 heteroatoms. The number of nitrogens with zero attached hydrogens (tertiary/aromatic N) is 1.